The van der Waals surface area contributed by atoms with E-state index < -0.39 is 0 Å². The summed E-state index contributed by atoms with van der Waals surface area (Å²) >= 11 is 0. The second-order valence-electron chi connectivity index (χ2n) is 8.86. The summed E-state index contributed by atoms with van der Waals surface area (Å²) in [5, 5.41) is 5.98. The van der Waals surface area contributed by atoms with Crippen molar-refractivity contribution in [2.45, 2.75) is 25.8 Å². The van der Waals surface area contributed by atoms with E-state index in [1.807, 2.05) is 39.7 Å². The minimum absolute atomic E-state index is 0.105. The molecule has 1 saturated heterocycles. The molecular weight excluding hydrogens is 404 g/mol. The van der Waals surface area contributed by atoms with Gasteiger partial charge in [-0.25, -0.2) is 4.68 Å². The molecule has 8 heteroatoms. The van der Waals surface area contributed by atoms with Crippen LogP contribution in [-0.4, -0.2) is 75.7 Å². The molecule has 1 fully saturated rings. The molecule has 8 nitrogen and oxygen atoms in total. The molecular formula is C24H30N6O2. The lowest BCUT2D eigenvalue weighted by Gasteiger charge is -2.33. The summed E-state index contributed by atoms with van der Waals surface area (Å²) in [5.74, 6) is 1.12. The van der Waals surface area contributed by atoms with Crippen LogP contribution in [-0.2, 0) is 23.2 Å². The fourth-order valence-electron chi connectivity index (χ4n) is 4.77. The second-order valence-corrected chi connectivity index (χ2v) is 8.86. The van der Waals surface area contributed by atoms with E-state index in [4.69, 9.17) is 5.10 Å². The average Bonchev–Trinajstić information content (AvgIpc) is 3.37. The molecule has 1 aromatic carbocycles. The first-order valence-corrected chi connectivity index (χ1v) is 11.4. The number of aromatic nitrogens is 3. The number of para-hydroxylation sites is 1. The number of fused-ring (bicyclic) bond motifs is 2. The number of amides is 2. The lowest BCUT2D eigenvalue weighted by Crippen LogP contribution is -2.47. The Labute approximate surface area is 188 Å². The van der Waals surface area contributed by atoms with Gasteiger partial charge in [0.1, 0.15) is 5.82 Å². The van der Waals surface area contributed by atoms with Crippen molar-refractivity contribution in [1.29, 1.82) is 0 Å². The zero-order chi connectivity index (χ0) is 22.2. The number of likely N-dealkylation sites (N-methyl/N-ethyl adjacent to an activating group) is 1. The largest absolute Gasteiger partial charge is 0.350 e. The predicted molar refractivity (Wildman–Crippen MR) is 124 cm³/mol. The van der Waals surface area contributed by atoms with Gasteiger partial charge < -0.3 is 14.4 Å². The van der Waals surface area contributed by atoms with Crippen LogP contribution in [0.4, 0.5) is 5.82 Å². The van der Waals surface area contributed by atoms with Gasteiger partial charge in [0.2, 0.25) is 11.8 Å². The third-order valence-corrected chi connectivity index (χ3v) is 6.68. The van der Waals surface area contributed by atoms with Crippen LogP contribution in [0.5, 0.6) is 0 Å². The van der Waals surface area contributed by atoms with Crippen molar-refractivity contribution in [2.24, 2.45) is 7.05 Å². The maximum Gasteiger partial charge on any atom is 0.229 e. The Morgan fingerprint density at radius 1 is 1.06 bits per heavy atom. The summed E-state index contributed by atoms with van der Waals surface area (Å²) < 4.78 is 4.04. The Hall–Kier alpha value is -3.13. The van der Waals surface area contributed by atoms with E-state index in [0.717, 1.165) is 54.2 Å². The fourth-order valence-corrected chi connectivity index (χ4v) is 4.77. The number of rotatable bonds is 5. The van der Waals surface area contributed by atoms with Crippen LogP contribution in [0.3, 0.4) is 0 Å². The highest BCUT2D eigenvalue weighted by atomic mass is 16.2. The minimum Gasteiger partial charge on any atom is -0.350 e. The molecule has 0 saturated carbocycles. The molecule has 2 aliphatic heterocycles. The quantitative estimate of drug-likeness (QED) is 0.618. The molecule has 2 aromatic heterocycles. The lowest BCUT2D eigenvalue weighted by molar-refractivity contribution is -0.133. The predicted octanol–water partition coefficient (Wildman–Crippen LogP) is 2.33. The number of nitrogens with zero attached hydrogens (tertiary/aromatic N) is 6. The van der Waals surface area contributed by atoms with Crippen molar-refractivity contribution in [3.8, 4) is 11.3 Å². The third-order valence-electron chi connectivity index (χ3n) is 6.68. The third kappa shape index (κ3) is 3.79. The van der Waals surface area contributed by atoms with Crippen LogP contribution >= 0.6 is 0 Å². The van der Waals surface area contributed by atoms with Gasteiger partial charge in [-0.15, -0.1) is 0 Å². The van der Waals surface area contributed by atoms with Gasteiger partial charge in [-0.2, -0.15) is 5.10 Å². The topological polar surface area (TPSA) is 66.6 Å². The lowest BCUT2D eigenvalue weighted by atomic mass is 10.1. The number of piperazine rings is 1. The summed E-state index contributed by atoms with van der Waals surface area (Å²) in [6.45, 7) is 4.56. The normalized spacial score (nSPS) is 17.2. The minimum atomic E-state index is 0.105. The van der Waals surface area contributed by atoms with Crippen LogP contribution in [0.1, 0.15) is 19.3 Å². The molecule has 0 aliphatic carbocycles. The van der Waals surface area contributed by atoms with E-state index in [-0.39, 0.29) is 11.8 Å². The molecule has 3 aromatic rings. The Morgan fingerprint density at radius 3 is 2.66 bits per heavy atom. The number of anilines is 1. The summed E-state index contributed by atoms with van der Waals surface area (Å²) in [5.41, 5.74) is 3.11. The zero-order valence-electron chi connectivity index (χ0n) is 18.8. The smallest absolute Gasteiger partial charge is 0.229 e. The highest BCUT2D eigenvalue weighted by molar-refractivity contribution is 5.98. The van der Waals surface area contributed by atoms with E-state index >= 15 is 0 Å². The van der Waals surface area contributed by atoms with Gasteiger partial charge in [-0.05, 0) is 19.5 Å². The first-order chi connectivity index (χ1) is 15.5. The molecule has 2 amide bonds. The number of carbonyl (C=O) groups excluding carboxylic acids is 2. The van der Waals surface area contributed by atoms with Gasteiger partial charge in [0.15, 0.2) is 0 Å². The van der Waals surface area contributed by atoms with Gasteiger partial charge in [0.05, 0.1) is 12.2 Å². The second kappa shape index (κ2) is 8.43. The van der Waals surface area contributed by atoms with Crippen LogP contribution in [0.15, 0.2) is 36.5 Å². The Bertz CT molecular complexity index is 1150. The van der Waals surface area contributed by atoms with Crippen LogP contribution < -0.4 is 4.90 Å². The van der Waals surface area contributed by atoms with Gasteiger partial charge in [-0.3, -0.25) is 14.5 Å². The maximum atomic E-state index is 12.7. The van der Waals surface area contributed by atoms with Gasteiger partial charge in [0, 0.05) is 81.3 Å². The monoisotopic (exact) mass is 434 g/mol. The van der Waals surface area contributed by atoms with Crippen molar-refractivity contribution in [3.05, 3.63) is 36.5 Å². The first-order valence-electron chi connectivity index (χ1n) is 11.4. The Kier molecular flexibility index (Phi) is 5.46. The number of carbonyl (C=O) groups is 2. The number of hydrogen-bond donors (Lipinski definition) is 0. The molecule has 0 N–H and O–H groups in total. The van der Waals surface area contributed by atoms with Gasteiger partial charge in [-0.1, -0.05) is 18.2 Å². The van der Waals surface area contributed by atoms with Gasteiger partial charge in [0.25, 0.3) is 0 Å². The maximum absolute atomic E-state index is 12.7. The highest BCUT2D eigenvalue weighted by Crippen LogP contribution is 2.33. The van der Waals surface area contributed by atoms with Crippen molar-refractivity contribution in [3.63, 3.8) is 0 Å². The molecule has 0 bridgehead atoms. The van der Waals surface area contributed by atoms with Crippen LogP contribution in [0.2, 0.25) is 0 Å². The number of aryl methyl sites for hydroxylation is 2. The molecule has 168 valence electrons. The standard InChI is InChI=1S/C24H30N6O2/c1-26-12-14-28(15-13-26)23(31)8-5-10-29-22-16-20(25-30(22)11-9-24(29)32)19-17-27(2)21-7-4-3-6-18(19)21/h3-4,6-7,16-17H,5,8-15H2,1-2H3. The van der Waals surface area contributed by atoms with Crippen LogP contribution in [0.25, 0.3) is 22.2 Å². The first kappa shape index (κ1) is 20.8. The zero-order valence-corrected chi connectivity index (χ0v) is 18.8. The average molecular weight is 435 g/mol. The molecule has 4 heterocycles. The van der Waals surface area contributed by atoms with E-state index in [9.17, 15) is 9.59 Å². The summed E-state index contributed by atoms with van der Waals surface area (Å²) in [4.78, 5) is 31.3. The summed E-state index contributed by atoms with van der Waals surface area (Å²) in [6, 6.07) is 10.3. The Balaban J connectivity index is 1.31. The molecule has 0 atom stereocenters. The van der Waals surface area contributed by atoms with Gasteiger partial charge >= 0.3 is 0 Å². The number of hydrogen-bond acceptors (Lipinski definition) is 4. The fraction of sp³-hybridized carbons (Fsp3) is 0.458. The van der Waals surface area contributed by atoms with E-state index in [1.165, 1.54) is 0 Å². The number of benzene rings is 1. The highest BCUT2D eigenvalue weighted by Gasteiger charge is 2.27. The summed E-state index contributed by atoms with van der Waals surface area (Å²) in [7, 11) is 4.12. The van der Waals surface area contributed by atoms with Crippen molar-refractivity contribution in [2.75, 3.05) is 44.7 Å². The van der Waals surface area contributed by atoms with E-state index in [2.05, 4.69) is 34.8 Å². The van der Waals surface area contributed by atoms with Crippen molar-refractivity contribution in [1.82, 2.24) is 24.1 Å². The van der Waals surface area contributed by atoms with Crippen molar-refractivity contribution < 1.29 is 9.59 Å². The van der Waals surface area contributed by atoms with Crippen molar-refractivity contribution >= 4 is 28.5 Å². The SMILES string of the molecule is CN1CCN(C(=O)CCCN2C(=O)CCn3nc(-c4cn(C)c5ccccc45)cc32)CC1. The molecule has 5 rings (SSSR count). The van der Waals surface area contributed by atoms with Crippen LogP contribution in [0, 0.1) is 0 Å². The van der Waals surface area contributed by atoms with E-state index in [1.54, 1.807) is 0 Å². The molecule has 32 heavy (non-hydrogen) atoms. The summed E-state index contributed by atoms with van der Waals surface area (Å²) in [6.07, 6.45) is 3.67. The molecule has 0 unspecified atom stereocenters. The molecule has 2 aliphatic rings. The van der Waals surface area contributed by atoms with E-state index in [0.29, 0.717) is 32.4 Å². The molecule has 0 spiro atoms. The molecule has 0 radical (unpaired) electrons. The Morgan fingerprint density at radius 2 is 1.84 bits per heavy atom.